The van der Waals surface area contributed by atoms with Crippen molar-refractivity contribution in [3.63, 3.8) is 0 Å². The maximum Gasteiger partial charge on any atom is 0.327 e. The highest BCUT2D eigenvalue weighted by molar-refractivity contribution is 5.81. The molecule has 0 bridgehead atoms. The molecule has 0 aliphatic heterocycles. The minimum Gasteiger partial charge on any atom is -0.461 e. The highest BCUT2D eigenvalue weighted by Crippen LogP contribution is 2.20. The van der Waals surface area contributed by atoms with Gasteiger partial charge in [0, 0.05) is 7.11 Å². The predicted molar refractivity (Wildman–Crippen MR) is 91.3 cm³/mol. The monoisotopic (exact) mass is 345 g/mol. The number of nitrogens with two attached hydrogens (primary N) is 1. The van der Waals surface area contributed by atoms with Crippen LogP contribution in [0.25, 0.3) is 11.2 Å². The van der Waals surface area contributed by atoms with Crippen molar-refractivity contribution in [2.24, 2.45) is 0 Å². The molecule has 1 unspecified atom stereocenters. The van der Waals surface area contributed by atoms with E-state index in [1.54, 1.807) is 19.2 Å². The van der Waals surface area contributed by atoms with Crippen LogP contribution in [0, 0.1) is 0 Å². The van der Waals surface area contributed by atoms with Crippen LogP contribution in [-0.2, 0) is 11.3 Å². The SMILES string of the molecule is COCCOc1nc(N)c2[nH]c(=O)n(CC(O)c3ccccc3)c2n1. The summed E-state index contributed by atoms with van der Waals surface area (Å²) in [5.74, 6) is 0.0995. The molecule has 25 heavy (non-hydrogen) atoms. The number of rotatable bonds is 7. The number of benzene rings is 1. The summed E-state index contributed by atoms with van der Waals surface area (Å²) in [4.78, 5) is 23.1. The fraction of sp³-hybridized carbons (Fsp3) is 0.312. The van der Waals surface area contributed by atoms with Gasteiger partial charge in [-0.15, -0.1) is 0 Å². The number of hydrogen-bond donors (Lipinski definition) is 3. The third-order valence-corrected chi connectivity index (χ3v) is 3.69. The summed E-state index contributed by atoms with van der Waals surface area (Å²) in [5, 5.41) is 10.4. The summed E-state index contributed by atoms with van der Waals surface area (Å²) in [6.45, 7) is 0.646. The van der Waals surface area contributed by atoms with E-state index in [4.69, 9.17) is 15.2 Å². The van der Waals surface area contributed by atoms with E-state index in [1.807, 2.05) is 18.2 Å². The molecule has 0 spiro atoms. The maximum absolute atomic E-state index is 12.2. The van der Waals surface area contributed by atoms with E-state index in [2.05, 4.69) is 15.0 Å². The Morgan fingerprint density at radius 1 is 1.28 bits per heavy atom. The Morgan fingerprint density at radius 3 is 2.76 bits per heavy atom. The second kappa shape index (κ2) is 7.32. The summed E-state index contributed by atoms with van der Waals surface area (Å²) in [7, 11) is 1.55. The smallest absolute Gasteiger partial charge is 0.327 e. The average Bonchev–Trinajstić information content (AvgIpc) is 2.93. The molecule has 3 rings (SSSR count). The Bertz CT molecular complexity index is 906. The minimum atomic E-state index is -0.869. The molecule has 132 valence electrons. The molecule has 3 aromatic rings. The van der Waals surface area contributed by atoms with Gasteiger partial charge in [-0.2, -0.15) is 9.97 Å². The van der Waals surface area contributed by atoms with Crippen LogP contribution in [0.15, 0.2) is 35.1 Å². The molecular weight excluding hydrogens is 326 g/mol. The van der Waals surface area contributed by atoms with Crippen LogP contribution in [0.5, 0.6) is 6.01 Å². The van der Waals surface area contributed by atoms with Crippen LogP contribution in [0.4, 0.5) is 5.82 Å². The van der Waals surface area contributed by atoms with Gasteiger partial charge in [0.1, 0.15) is 12.1 Å². The van der Waals surface area contributed by atoms with E-state index in [0.717, 1.165) is 0 Å². The first-order chi connectivity index (χ1) is 12.1. The summed E-state index contributed by atoms with van der Waals surface area (Å²) in [5.41, 5.74) is 6.73. The largest absolute Gasteiger partial charge is 0.461 e. The molecule has 0 aliphatic carbocycles. The molecule has 0 fully saturated rings. The number of nitrogens with one attached hydrogen (secondary N) is 1. The van der Waals surface area contributed by atoms with E-state index in [9.17, 15) is 9.90 Å². The van der Waals surface area contributed by atoms with E-state index >= 15 is 0 Å². The van der Waals surface area contributed by atoms with Gasteiger partial charge in [0.2, 0.25) is 0 Å². The molecular formula is C16H19N5O4. The highest BCUT2D eigenvalue weighted by atomic mass is 16.5. The van der Waals surface area contributed by atoms with E-state index < -0.39 is 11.8 Å². The number of aliphatic hydroxyl groups excluding tert-OH is 1. The number of anilines is 1. The number of methoxy groups -OCH3 is 1. The molecule has 9 nitrogen and oxygen atoms in total. The zero-order valence-corrected chi connectivity index (χ0v) is 13.7. The lowest BCUT2D eigenvalue weighted by Gasteiger charge is -2.12. The number of ether oxygens (including phenoxy) is 2. The maximum atomic E-state index is 12.2. The van der Waals surface area contributed by atoms with Gasteiger partial charge in [-0.3, -0.25) is 4.57 Å². The first-order valence-corrected chi connectivity index (χ1v) is 7.71. The summed E-state index contributed by atoms with van der Waals surface area (Å²) >= 11 is 0. The number of fused-ring (bicyclic) bond motifs is 1. The highest BCUT2D eigenvalue weighted by Gasteiger charge is 2.17. The molecule has 4 N–H and O–H groups in total. The van der Waals surface area contributed by atoms with E-state index in [0.29, 0.717) is 17.7 Å². The van der Waals surface area contributed by atoms with Crippen molar-refractivity contribution in [3.8, 4) is 6.01 Å². The van der Waals surface area contributed by atoms with Gasteiger partial charge in [-0.1, -0.05) is 30.3 Å². The number of aromatic nitrogens is 4. The van der Waals surface area contributed by atoms with Crippen molar-refractivity contribution in [1.82, 2.24) is 19.5 Å². The van der Waals surface area contributed by atoms with Gasteiger partial charge in [-0.25, -0.2) is 4.79 Å². The minimum absolute atomic E-state index is 0.0246. The number of H-pyrrole nitrogens is 1. The lowest BCUT2D eigenvalue weighted by Crippen LogP contribution is -2.21. The zero-order chi connectivity index (χ0) is 17.8. The van der Waals surface area contributed by atoms with Crippen LogP contribution in [-0.4, -0.2) is 44.9 Å². The molecule has 0 saturated carbocycles. The topological polar surface area (TPSA) is 128 Å². The Labute approximate surface area is 143 Å². The number of nitrogens with zero attached hydrogens (tertiary/aromatic N) is 3. The Balaban J connectivity index is 1.94. The van der Waals surface area contributed by atoms with Gasteiger partial charge >= 0.3 is 11.7 Å². The van der Waals surface area contributed by atoms with Crippen LogP contribution in [0.1, 0.15) is 11.7 Å². The Kier molecular flexibility index (Phi) is 4.96. The molecule has 0 saturated heterocycles. The van der Waals surface area contributed by atoms with Crippen LogP contribution in [0.2, 0.25) is 0 Å². The van der Waals surface area contributed by atoms with Crippen LogP contribution < -0.4 is 16.2 Å². The fourth-order valence-corrected chi connectivity index (χ4v) is 2.43. The predicted octanol–water partition coefficient (Wildman–Crippen LogP) is 0.461. The average molecular weight is 345 g/mol. The van der Waals surface area contributed by atoms with Crippen molar-refractivity contribution < 1.29 is 14.6 Å². The third-order valence-electron chi connectivity index (χ3n) is 3.69. The lowest BCUT2D eigenvalue weighted by atomic mass is 10.1. The first-order valence-electron chi connectivity index (χ1n) is 7.71. The van der Waals surface area contributed by atoms with Crippen molar-refractivity contribution >= 4 is 17.0 Å². The molecule has 0 aliphatic rings. The van der Waals surface area contributed by atoms with E-state index in [-0.39, 0.29) is 30.6 Å². The molecule has 1 atom stereocenters. The van der Waals surface area contributed by atoms with Crippen molar-refractivity contribution in [2.75, 3.05) is 26.1 Å². The Hall–Kier alpha value is -2.91. The lowest BCUT2D eigenvalue weighted by molar-refractivity contribution is 0.141. The van der Waals surface area contributed by atoms with E-state index in [1.165, 1.54) is 4.57 Å². The number of aliphatic hydroxyl groups is 1. The Morgan fingerprint density at radius 2 is 2.04 bits per heavy atom. The summed E-state index contributed by atoms with van der Waals surface area (Å²) < 4.78 is 11.6. The normalized spacial score (nSPS) is 12.4. The molecule has 2 heterocycles. The third kappa shape index (κ3) is 3.62. The van der Waals surface area contributed by atoms with Gasteiger partial charge in [0.15, 0.2) is 11.5 Å². The number of aromatic amines is 1. The molecule has 1 aromatic carbocycles. The quantitative estimate of drug-likeness (QED) is 0.531. The summed E-state index contributed by atoms with van der Waals surface area (Å²) in [6.07, 6.45) is -0.869. The van der Waals surface area contributed by atoms with Crippen molar-refractivity contribution in [3.05, 3.63) is 46.4 Å². The van der Waals surface area contributed by atoms with Crippen molar-refractivity contribution in [2.45, 2.75) is 12.6 Å². The van der Waals surface area contributed by atoms with Crippen LogP contribution in [0.3, 0.4) is 0 Å². The zero-order valence-electron chi connectivity index (χ0n) is 13.7. The van der Waals surface area contributed by atoms with Gasteiger partial charge in [-0.05, 0) is 5.56 Å². The fourth-order valence-electron chi connectivity index (χ4n) is 2.43. The van der Waals surface area contributed by atoms with Gasteiger partial charge < -0.3 is 25.3 Å². The van der Waals surface area contributed by atoms with Crippen LogP contribution >= 0.6 is 0 Å². The first kappa shape index (κ1) is 16.9. The second-order valence-corrected chi connectivity index (χ2v) is 5.40. The molecule has 9 heteroatoms. The molecule has 2 aromatic heterocycles. The van der Waals surface area contributed by atoms with Crippen molar-refractivity contribution in [1.29, 1.82) is 0 Å². The standard InChI is InChI=1S/C16H19N5O4/c1-24-7-8-25-15-19-13(17)12-14(20-15)21(16(23)18-12)9-11(22)10-5-3-2-4-6-10/h2-6,11,22H,7-9H2,1H3,(H,18,23)(H2,17,19,20). The number of nitrogen functional groups attached to an aromatic ring is 1. The summed E-state index contributed by atoms with van der Waals surface area (Å²) in [6, 6.07) is 9.10. The second-order valence-electron chi connectivity index (χ2n) is 5.40. The number of imidazole rings is 1. The molecule has 0 radical (unpaired) electrons. The number of hydrogen-bond acceptors (Lipinski definition) is 7. The van der Waals surface area contributed by atoms with Gasteiger partial charge in [0.25, 0.3) is 0 Å². The molecule has 0 amide bonds. The van der Waals surface area contributed by atoms with Gasteiger partial charge in [0.05, 0.1) is 19.3 Å².